The molecule has 1 aromatic rings. The molecule has 1 amide bonds. The quantitative estimate of drug-likeness (QED) is 0.810. The van der Waals surface area contributed by atoms with Crippen LogP contribution in [0.25, 0.3) is 0 Å². The molecule has 0 heterocycles. The summed E-state index contributed by atoms with van der Waals surface area (Å²) < 4.78 is 0. The standard InChI is InChI=1S/C14H17NO2/c16-10-11-6-8-13(9-7-11)15-14(17)12-4-2-1-3-5-12/h1-5,10-11,13H,6-9H2,(H,15,17). The second-order valence-electron chi connectivity index (χ2n) is 4.59. The SMILES string of the molecule is O=CC1CCC(NC(=O)c2ccccc2)CC1. The monoisotopic (exact) mass is 231 g/mol. The van der Waals surface area contributed by atoms with Crippen molar-refractivity contribution in [1.29, 1.82) is 0 Å². The minimum absolute atomic E-state index is 0.0137. The molecule has 0 spiro atoms. The number of amides is 1. The first-order chi connectivity index (χ1) is 8.29. The van der Waals surface area contributed by atoms with Gasteiger partial charge in [0.15, 0.2) is 0 Å². The lowest BCUT2D eigenvalue weighted by atomic mass is 9.87. The van der Waals surface area contributed by atoms with Crippen molar-refractivity contribution in [3.05, 3.63) is 35.9 Å². The number of rotatable bonds is 3. The van der Waals surface area contributed by atoms with Crippen LogP contribution in [0.3, 0.4) is 0 Å². The van der Waals surface area contributed by atoms with Crippen molar-refractivity contribution < 1.29 is 9.59 Å². The molecule has 1 fully saturated rings. The smallest absolute Gasteiger partial charge is 0.251 e. The molecular weight excluding hydrogens is 214 g/mol. The summed E-state index contributed by atoms with van der Waals surface area (Å²) >= 11 is 0. The number of carbonyl (C=O) groups is 2. The third kappa shape index (κ3) is 3.16. The number of nitrogens with one attached hydrogen (secondary N) is 1. The first-order valence-electron chi connectivity index (χ1n) is 6.11. The van der Waals surface area contributed by atoms with Crippen LogP contribution in [0.4, 0.5) is 0 Å². The number of benzene rings is 1. The zero-order valence-electron chi connectivity index (χ0n) is 9.76. The van der Waals surface area contributed by atoms with E-state index in [1.165, 1.54) is 0 Å². The van der Waals surface area contributed by atoms with Gasteiger partial charge in [-0.2, -0.15) is 0 Å². The first kappa shape index (κ1) is 11.8. The Labute approximate surface area is 101 Å². The molecule has 1 aliphatic carbocycles. The molecule has 0 atom stereocenters. The summed E-state index contributed by atoms with van der Waals surface area (Å²) in [6.45, 7) is 0. The molecule has 2 rings (SSSR count). The Bertz CT molecular complexity index is 380. The van der Waals surface area contributed by atoms with Crippen molar-refractivity contribution in [2.24, 2.45) is 5.92 Å². The van der Waals surface area contributed by atoms with Crippen molar-refractivity contribution in [3.8, 4) is 0 Å². The lowest BCUT2D eigenvalue weighted by Crippen LogP contribution is -2.37. The van der Waals surface area contributed by atoms with Crippen LogP contribution in [0.15, 0.2) is 30.3 Å². The molecule has 0 bridgehead atoms. The summed E-state index contributed by atoms with van der Waals surface area (Å²) in [5, 5.41) is 3.02. The van der Waals surface area contributed by atoms with Crippen molar-refractivity contribution >= 4 is 12.2 Å². The Balaban J connectivity index is 1.86. The topological polar surface area (TPSA) is 46.2 Å². The van der Waals surface area contributed by atoms with E-state index in [9.17, 15) is 9.59 Å². The molecule has 3 heteroatoms. The summed E-state index contributed by atoms with van der Waals surface area (Å²) in [7, 11) is 0. The number of aldehydes is 1. The molecule has 1 N–H and O–H groups in total. The summed E-state index contributed by atoms with van der Waals surface area (Å²) in [5.74, 6) is 0.181. The van der Waals surface area contributed by atoms with Crippen LogP contribution >= 0.6 is 0 Å². The van der Waals surface area contributed by atoms with E-state index in [2.05, 4.69) is 5.32 Å². The minimum atomic E-state index is -0.0137. The van der Waals surface area contributed by atoms with Gasteiger partial charge < -0.3 is 10.1 Å². The minimum Gasteiger partial charge on any atom is -0.349 e. The van der Waals surface area contributed by atoms with E-state index < -0.39 is 0 Å². The van der Waals surface area contributed by atoms with Crippen LogP contribution in [-0.2, 0) is 4.79 Å². The van der Waals surface area contributed by atoms with Crippen LogP contribution in [-0.4, -0.2) is 18.2 Å². The molecule has 0 unspecified atom stereocenters. The summed E-state index contributed by atoms with van der Waals surface area (Å²) in [6, 6.07) is 9.46. The van der Waals surface area contributed by atoms with Crippen LogP contribution in [0.1, 0.15) is 36.0 Å². The van der Waals surface area contributed by atoms with Gasteiger partial charge >= 0.3 is 0 Å². The molecular formula is C14H17NO2. The molecule has 0 saturated heterocycles. The third-order valence-corrected chi connectivity index (χ3v) is 3.34. The summed E-state index contributed by atoms with van der Waals surface area (Å²) in [6.07, 6.45) is 4.63. The van der Waals surface area contributed by atoms with E-state index in [-0.39, 0.29) is 17.9 Å². The highest BCUT2D eigenvalue weighted by atomic mass is 16.1. The maximum atomic E-state index is 11.9. The molecule has 0 aliphatic heterocycles. The van der Waals surface area contributed by atoms with Gasteiger partial charge in [-0.25, -0.2) is 0 Å². The van der Waals surface area contributed by atoms with Crippen LogP contribution in [0.2, 0.25) is 0 Å². The van der Waals surface area contributed by atoms with Gasteiger partial charge in [-0.3, -0.25) is 4.79 Å². The highest BCUT2D eigenvalue weighted by Gasteiger charge is 2.22. The van der Waals surface area contributed by atoms with Crippen molar-refractivity contribution in [3.63, 3.8) is 0 Å². The zero-order chi connectivity index (χ0) is 12.1. The van der Waals surface area contributed by atoms with Gasteiger partial charge in [-0.05, 0) is 37.8 Å². The Morgan fingerprint density at radius 2 is 1.76 bits per heavy atom. The maximum Gasteiger partial charge on any atom is 0.251 e. The number of hydrogen-bond donors (Lipinski definition) is 1. The Morgan fingerprint density at radius 1 is 1.12 bits per heavy atom. The third-order valence-electron chi connectivity index (χ3n) is 3.34. The van der Waals surface area contributed by atoms with Gasteiger partial charge in [-0.1, -0.05) is 18.2 Å². The van der Waals surface area contributed by atoms with Gasteiger partial charge in [0.2, 0.25) is 0 Å². The fourth-order valence-electron chi connectivity index (χ4n) is 2.26. The predicted molar refractivity (Wildman–Crippen MR) is 65.7 cm³/mol. The van der Waals surface area contributed by atoms with Gasteiger partial charge in [0.25, 0.3) is 5.91 Å². The molecule has 90 valence electrons. The van der Waals surface area contributed by atoms with E-state index >= 15 is 0 Å². The highest BCUT2D eigenvalue weighted by Crippen LogP contribution is 2.22. The van der Waals surface area contributed by atoms with E-state index in [1.54, 1.807) is 0 Å². The Morgan fingerprint density at radius 3 is 2.35 bits per heavy atom. The first-order valence-corrected chi connectivity index (χ1v) is 6.11. The van der Waals surface area contributed by atoms with E-state index in [0.717, 1.165) is 32.0 Å². The summed E-state index contributed by atoms with van der Waals surface area (Å²) in [5.41, 5.74) is 0.699. The number of carbonyl (C=O) groups excluding carboxylic acids is 2. The van der Waals surface area contributed by atoms with Gasteiger partial charge in [0.1, 0.15) is 6.29 Å². The molecule has 17 heavy (non-hydrogen) atoms. The normalized spacial score (nSPS) is 24.0. The van der Waals surface area contributed by atoms with Gasteiger partial charge in [-0.15, -0.1) is 0 Å². The molecule has 1 saturated carbocycles. The largest absolute Gasteiger partial charge is 0.349 e. The fraction of sp³-hybridized carbons (Fsp3) is 0.429. The molecule has 1 aliphatic rings. The molecule has 0 radical (unpaired) electrons. The van der Waals surface area contributed by atoms with E-state index in [1.807, 2.05) is 30.3 Å². The lowest BCUT2D eigenvalue weighted by Gasteiger charge is -2.26. The van der Waals surface area contributed by atoms with E-state index in [0.29, 0.717) is 5.56 Å². The van der Waals surface area contributed by atoms with Crippen LogP contribution < -0.4 is 5.32 Å². The Kier molecular flexibility index (Phi) is 3.91. The predicted octanol–water partition coefficient (Wildman–Crippen LogP) is 2.17. The van der Waals surface area contributed by atoms with Crippen molar-refractivity contribution in [1.82, 2.24) is 5.32 Å². The average Bonchev–Trinajstić information content (AvgIpc) is 2.40. The molecule has 3 nitrogen and oxygen atoms in total. The maximum absolute atomic E-state index is 11.9. The van der Waals surface area contributed by atoms with Crippen LogP contribution in [0.5, 0.6) is 0 Å². The van der Waals surface area contributed by atoms with Crippen molar-refractivity contribution in [2.45, 2.75) is 31.7 Å². The molecule has 0 aromatic heterocycles. The summed E-state index contributed by atoms with van der Waals surface area (Å²) in [4.78, 5) is 22.5. The fourth-order valence-corrected chi connectivity index (χ4v) is 2.26. The van der Waals surface area contributed by atoms with Gasteiger partial charge in [0, 0.05) is 17.5 Å². The second kappa shape index (κ2) is 5.62. The molecule has 1 aromatic carbocycles. The average molecular weight is 231 g/mol. The van der Waals surface area contributed by atoms with E-state index in [4.69, 9.17) is 0 Å². The lowest BCUT2D eigenvalue weighted by molar-refractivity contribution is -0.111. The van der Waals surface area contributed by atoms with Crippen LogP contribution in [0, 0.1) is 5.92 Å². The zero-order valence-corrected chi connectivity index (χ0v) is 9.76. The highest BCUT2D eigenvalue weighted by molar-refractivity contribution is 5.94. The Hall–Kier alpha value is -1.64. The number of hydrogen-bond acceptors (Lipinski definition) is 2. The van der Waals surface area contributed by atoms with Crippen molar-refractivity contribution in [2.75, 3.05) is 0 Å². The second-order valence-corrected chi connectivity index (χ2v) is 4.59. The van der Waals surface area contributed by atoms with Gasteiger partial charge in [0.05, 0.1) is 0 Å².